The van der Waals surface area contributed by atoms with E-state index in [9.17, 15) is 0 Å². The van der Waals surface area contributed by atoms with E-state index in [4.69, 9.17) is 24.7 Å². The van der Waals surface area contributed by atoms with Crippen LogP contribution in [0.4, 0.5) is 0 Å². The van der Waals surface area contributed by atoms with Crippen LogP contribution in [0.15, 0.2) is 45.5 Å². The smallest absolute Gasteiger partial charge is 0.231 e. The Kier molecular flexibility index (Phi) is 4.21. The number of benzene rings is 1. The van der Waals surface area contributed by atoms with Crippen LogP contribution in [0.2, 0.25) is 0 Å². The van der Waals surface area contributed by atoms with Crippen molar-refractivity contribution in [3.8, 4) is 33.5 Å². The minimum Gasteiger partial charge on any atom is -0.469 e. The minimum absolute atomic E-state index is 0.263. The highest BCUT2D eigenvalue weighted by Crippen LogP contribution is 2.37. The lowest BCUT2D eigenvalue weighted by atomic mass is 10.2. The molecule has 4 aromatic rings. The Morgan fingerprint density at radius 3 is 2.96 bits per heavy atom. The van der Waals surface area contributed by atoms with E-state index in [0.29, 0.717) is 16.7 Å². The number of thiazole rings is 1. The number of furan rings is 1. The van der Waals surface area contributed by atoms with Crippen LogP contribution in [-0.2, 0) is 5.75 Å². The summed E-state index contributed by atoms with van der Waals surface area (Å²) in [6.45, 7) is 2.13. The molecular weight excluding hydrogens is 398 g/mol. The number of hydrogen-bond acceptors (Lipinski definition) is 9. The Hall–Kier alpha value is -2.98. The summed E-state index contributed by atoms with van der Waals surface area (Å²) in [6, 6.07) is 7.67. The van der Waals surface area contributed by atoms with Gasteiger partial charge in [0.15, 0.2) is 17.3 Å². The van der Waals surface area contributed by atoms with E-state index in [1.807, 2.05) is 36.6 Å². The number of rotatable bonds is 5. The van der Waals surface area contributed by atoms with Gasteiger partial charge in [-0.2, -0.15) is 0 Å². The highest BCUT2D eigenvalue weighted by atomic mass is 32.2. The normalized spacial score (nSPS) is 12.6. The quantitative estimate of drug-likeness (QED) is 0.390. The molecule has 0 amide bonds. The fourth-order valence-corrected chi connectivity index (χ4v) is 4.52. The zero-order valence-corrected chi connectivity index (χ0v) is 16.4. The maximum absolute atomic E-state index is 6.16. The number of nitrogen functional groups attached to an aromatic ring is 1. The third kappa shape index (κ3) is 3.00. The molecule has 0 bridgehead atoms. The van der Waals surface area contributed by atoms with Crippen LogP contribution < -0.4 is 15.3 Å². The van der Waals surface area contributed by atoms with Crippen LogP contribution in [0, 0.1) is 6.92 Å². The van der Waals surface area contributed by atoms with Crippen molar-refractivity contribution >= 4 is 23.1 Å². The Morgan fingerprint density at radius 2 is 2.11 bits per heavy atom. The van der Waals surface area contributed by atoms with Crippen LogP contribution in [-0.4, -0.2) is 26.7 Å². The predicted molar refractivity (Wildman–Crippen MR) is 106 cm³/mol. The van der Waals surface area contributed by atoms with Crippen LogP contribution >= 0.6 is 23.1 Å². The molecule has 0 saturated carbocycles. The second kappa shape index (κ2) is 6.88. The van der Waals surface area contributed by atoms with Gasteiger partial charge in [-0.15, -0.1) is 21.5 Å². The molecule has 5 rings (SSSR count). The first kappa shape index (κ1) is 17.1. The number of nitrogens with two attached hydrogens (primary N) is 1. The number of aromatic nitrogens is 4. The maximum atomic E-state index is 6.16. The zero-order valence-electron chi connectivity index (χ0n) is 14.8. The molecule has 1 aromatic carbocycles. The molecule has 0 fully saturated rings. The molecule has 0 atom stereocenters. The molecule has 1 aliphatic heterocycles. The van der Waals surface area contributed by atoms with Gasteiger partial charge in [0, 0.05) is 16.7 Å². The van der Waals surface area contributed by atoms with Crippen LogP contribution in [0.3, 0.4) is 0 Å². The van der Waals surface area contributed by atoms with Gasteiger partial charge in [0.05, 0.1) is 17.5 Å². The number of fused-ring (bicyclic) bond motifs is 1. The van der Waals surface area contributed by atoms with Crippen molar-refractivity contribution in [2.24, 2.45) is 0 Å². The summed E-state index contributed by atoms with van der Waals surface area (Å²) in [5, 5.41) is 11.9. The summed E-state index contributed by atoms with van der Waals surface area (Å²) in [5.41, 5.74) is 2.79. The van der Waals surface area contributed by atoms with Crippen molar-refractivity contribution in [3.05, 3.63) is 47.4 Å². The van der Waals surface area contributed by atoms with Gasteiger partial charge in [0.25, 0.3) is 0 Å². The van der Waals surface area contributed by atoms with Gasteiger partial charge >= 0.3 is 0 Å². The van der Waals surface area contributed by atoms with E-state index in [1.54, 1.807) is 17.6 Å². The Labute approximate surface area is 168 Å². The van der Waals surface area contributed by atoms with Crippen molar-refractivity contribution in [2.45, 2.75) is 17.8 Å². The summed E-state index contributed by atoms with van der Waals surface area (Å²) in [6.07, 6.45) is 1.61. The third-order valence-corrected chi connectivity index (χ3v) is 6.20. The molecule has 0 radical (unpaired) electrons. The zero-order chi connectivity index (χ0) is 19.1. The van der Waals surface area contributed by atoms with Crippen LogP contribution in [0.25, 0.3) is 22.0 Å². The summed E-state index contributed by atoms with van der Waals surface area (Å²) >= 11 is 3.07. The van der Waals surface area contributed by atoms with Gasteiger partial charge in [-0.1, -0.05) is 11.8 Å². The molecule has 28 heavy (non-hydrogen) atoms. The molecule has 8 nitrogen and oxygen atoms in total. The fourth-order valence-electron chi connectivity index (χ4n) is 2.85. The average molecular weight is 413 g/mol. The Balaban J connectivity index is 1.31. The average Bonchev–Trinajstić information content (AvgIpc) is 3.47. The number of hydrogen-bond donors (Lipinski definition) is 1. The van der Waals surface area contributed by atoms with Gasteiger partial charge in [0.2, 0.25) is 11.9 Å². The highest BCUT2D eigenvalue weighted by Gasteiger charge is 2.17. The lowest BCUT2D eigenvalue weighted by Crippen LogP contribution is -2.11. The molecule has 4 heterocycles. The molecule has 1 aliphatic rings. The molecule has 0 saturated heterocycles. The van der Waals surface area contributed by atoms with E-state index in [2.05, 4.69) is 10.2 Å². The van der Waals surface area contributed by atoms with E-state index in [0.717, 1.165) is 39.1 Å². The molecule has 0 aliphatic carbocycles. The summed E-state index contributed by atoms with van der Waals surface area (Å²) in [5.74, 6) is 9.65. The molecule has 0 spiro atoms. The van der Waals surface area contributed by atoms with Gasteiger partial charge in [-0.25, -0.2) is 9.66 Å². The van der Waals surface area contributed by atoms with Crippen molar-refractivity contribution in [2.75, 3.05) is 12.6 Å². The largest absolute Gasteiger partial charge is 0.469 e. The lowest BCUT2D eigenvalue weighted by Gasteiger charge is -2.02. The first-order valence-corrected chi connectivity index (χ1v) is 10.3. The summed E-state index contributed by atoms with van der Waals surface area (Å²) in [4.78, 5) is 4.71. The number of aryl methyl sites for hydroxylation is 1. The predicted octanol–water partition coefficient (Wildman–Crippen LogP) is 3.70. The standard InChI is InChI=1S/C18H15N5O3S2/c1-10-13(4-5-24-10)16-21-22-18(23(16)19)28-8-12-7-27-17(20-12)11-2-3-14-15(6-11)26-9-25-14/h2-7H,8-9,19H2,1H3. The van der Waals surface area contributed by atoms with Crippen molar-refractivity contribution in [1.82, 2.24) is 19.9 Å². The SMILES string of the molecule is Cc1occc1-c1nnc(SCc2csc(-c3ccc4c(c3)OCO4)n2)n1N. The van der Waals surface area contributed by atoms with Gasteiger partial charge < -0.3 is 19.7 Å². The van der Waals surface area contributed by atoms with E-state index in [-0.39, 0.29) is 6.79 Å². The number of nitrogens with zero attached hydrogens (tertiary/aromatic N) is 4. The molecule has 0 unspecified atom stereocenters. The maximum Gasteiger partial charge on any atom is 0.231 e. The monoisotopic (exact) mass is 413 g/mol. The molecule has 142 valence electrons. The van der Waals surface area contributed by atoms with Crippen LogP contribution in [0.1, 0.15) is 11.5 Å². The van der Waals surface area contributed by atoms with Gasteiger partial charge in [-0.3, -0.25) is 0 Å². The number of ether oxygens (including phenoxy) is 2. The topological polar surface area (TPSA) is 101 Å². The second-order valence-electron chi connectivity index (χ2n) is 6.07. The van der Waals surface area contributed by atoms with Crippen molar-refractivity contribution < 1.29 is 13.9 Å². The van der Waals surface area contributed by atoms with Crippen molar-refractivity contribution in [3.63, 3.8) is 0 Å². The Morgan fingerprint density at radius 1 is 1.21 bits per heavy atom. The second-order valence-corrected chi connectivity index (χ2v) is 7.87. The first-order chi connectivity index (χ1) is 13.7. The molecular formula is C18H15N5O3S2. The first-order valence-electron chi connectivity index (χ1n) is 8.41. The minimum atomic E-state index is 0.263. The molecule has 2 N–H and O–H groups in total. The molecule has 10 heteroatoms. The van der Waals surface area contributed by atoms with Crippen LogP contribution in [0.5, 0.6) is 11.5 Å². The Bertz CT molecular complexity index is 1150. The molecule has 3 aromatic heterocycles. The van der Waals surface area contributed by atoms with Gasteiger partial charge in [0.1, 0.15) is 10.8 Å². The van der Waals surface area contributed by atoms with E-state index < -0.39 is 0 Å². The third-order valence-electron chi connectivity index (χ3n) is 4.28. The van der Waals surface area contributed by atoms with E-state index >= 15 is 0 Å². The lowest BCUT2D eigenvalue weighted by molar-refractivity contribution is 0.174. The summed E-state index contributed by atoms with van der Waals surface area (Å²) in [7, 11) is 0. The van der Waals surface area contributed by atoms with E-state index in [1.165, 1.54) is 16.4 Å². The fraction of sp³-hybridized carbons (Fsp3) is 0.167. The van der Waals surface area contributed by atoms with Gasteiger partial charge in [-0.05, 0) is 31.2 Å². The number of thioether (sulfide) groups is 1. The highest BCUT2D eigenvalue weighted by molar-refractivity contribution is 7.98. The van der Waals surface area contributed by atoms with Crippen molar-refractivity contribution in [1.29, 1.82) is 0 Å². The summed E-state index contributed by atoms with van der Waals surface area (Å²) < 4.78 is 17.6.